The molecule has 0 saturated carbocycles. The molecule has 0 spiro atoms. The first kappa shape index (κ1) is 14.4. The molecule has 0 fully saturated rings. The molecule has 0 heterocycles. The monoisotopic (exact) mass is 224 g/mol. The third kappa shape index (κ3) is 3.53. The molecule has 0 radical (unpaired) electrons. The summed E-state index contributed by atoms with van der Waals surface area (Å²) in [5.74, 6) is -0.606. The minimum atomic E-state index is -0.884. The van der Waals surface area contributed by atoms with E-state index < -0.39 is 11.3 Å². The third-order valence-electron chi connectivity index (χ3n) is 2.58. The van der Waals surface area contributed by atoms with Crippen molar-refractivity contribution in [2.45, 2.75) is 19.3 Å². The van der Waals surface area contributed by atoms with Crippen LogP contribution in [0.5, 0.6) is 0 Å². The predicted molar refractivity (Wildman–Crippen MR) is 64.6 cm³/mol. The molecule has 0 atom stereocenters. The Morgan fingerprint density at radius 1 is 1.25 bits per heavy atom. The average molecular weight is 224 g/mol. The zero-order chi connectivity index (χ0) is 12.8. The first-order valence-electron chi connectivity index (χ1n) is 5.11. The molecule has 0 aromatic heterocycles. The van der Waals surface area contributed by atoms with Crippen LogP contribution in [-0.2, 0) is 9.59 Å². The number of nitrogens with zero attached hydrogens (tertiary/aromatic N) is 1. The average Bonchev–Trinajstić information content (AvgIpc) is 2.17. The molecule has 0 saturated heterocycles. The van der Waals surface area contributed by atoms with Gasteiger partial charge in [-0.1, -0.05) is 12.2 Å². The van der Waals surface area contributed by atoms with E-state index in [1.54, 1.807) is 26.2 Å². The van der Waals surface area contributed by atoms with Crippen molar-refractivity contribution < 1.29 is 9.59 Å². The van der Waals surface area contributed by atoms with Crippen LogP contribution in [0.1, 0.15) is 19.3 Å². The van der Waals surface area contributed by atoms with Crippen molar-refractivity contribution in [1.29, 1.82) is 0 Å². The largest absolute Gasteiger partial charge is 0.369 e. The Morgan fingerprint density at radius 2 is 1.69 bits per heavy atom. The maximum Gasteiger partial charge on any atom is 0.224 e. The Morgan fingerprint density at radius 3 is 1.94 bits per heavy atom. The van der Waals surface area contributed by atoms with Crippen molar-refractivity contribution in [3.05, 3.63) is 25.3 Å². The van der Waals surface area contributed by atoms with Crippen molar-refractivity contribution in [3.63, 3.8) is 0 Å². The van der Waals surface area contributed by atoms with Gasteiger partial charge in [0.05, 0.1) is 5.41 Å². The molecule has 0 rings (SSSR count). The highest BCUT2D eigenvalue weighted by Gasteiger charge is 2.36. The molecule has 0 unspecified atom stereocenters. The summed E-state index contributed by atoms with van der Waals surface area (Å²) >= 11 is 0. The van der Waals surface area contributed by atoms with Gasteiger partial charge in [-0.25, -0.2) is 0 Å². The summed E-state index contributed by atoms with van der Waals surface area (Å²) in [4.78, 5) is 24.6. The normalized spacial score (nSPS) is 10.6. The SMILES string of the molecule is C=CCC(CC=C)(CC(=O)N(C)C)C(N)=O. The van der Waals surface area contributed by atoms with Crippen molar-refractivity contribution in [2.75, 3.05) is 14.1 Å². The highest BCUT2D eigenvalue weighted by molar-refractivity contribution is 5.88. The van der Waals surface area contributed by atoms with Crippen LogP contribution in [0.25, 0.3) is 0 Å². The summed E-state index contributed by atoms with van der Waals surface area (Å²) in [7, 11) is 3.30. The van der Waals surface area contributed by atoms with E-state index in [4.69, 9.17) is 5.73 Å². The Labute approximate surface area is 96.8 Å². The minimum Gasteiger partial charge on any atom is -0.369 e. The first-order valence-corrected chi connectivity index (χ1v) is 5.11. The molecule has 0 aliphatic rings. The van der Waals surface area contributed by atoms with Crippen molar-refractivity contribution in [2.24, 2.45) is 11.1 Å². The second kappa shape index (κ2) is 6.10. The summed E-state index contributed by atoms with van der Waals surface area (Å²) in [6.07, 6.45) is 4.07. The Hall–Kier alpha value is -1.58. The fraction of sp³-hybridized carbons (Fsp3) is 0.500. The zero-order valence-electron chi connectivity index (χ0n) is 10.0. The number of allylic oxidation sites excluding steroid dienone is 2. The number of carbonyl (C=O) groups excluding carboxylic acids is 2. The predicted octanol–water partition coefficient (Wildman–Crippen LogP) is 1.09. The number of hydrogen-bond acceptors (Lipinski definition) is 2. The van der Waals surface area contributed by atoms with Gasteiger partial charge in [0.2, 0.25) is 11.8 Å². The number of carbonyl (C=O) groups is 2. The molecule has 4 heteroatoms. The molecule has 90 valence electrons. The van der Waals surface area contributed by atoms with Gasteiger partial charge in [-0.2, -0.15) is 0 Å². The molecule has 16 heavy (non-hydrogen) atoms. The van der Waals surface area contributed by atoms with Crippen LogP contribution >= 0.6 is 0 Å². The van der Waals surface area contributed by atoms with Crippen LogP contribution < -0.4 is 5.73 Å². The van der Waals surface area contributed by atoms with E-state index in [1.807, 2.05) is 0 Å². The van der Waals surface area contributed by atoms with Gasteiger partial charge in [0.15, 0.2) is 0 Å². The molecule has 0 aromatic carbocycles. The standard InChI is InChI=1S/C12H20N2O2/c1-5-7-12(8-6-2,11(13)16)9-10(15)14(3)4/h5-6H,1-2,7-9H2,3-4H3,(H2,13,16). The molecule has 0 bridgehead atoms. The van der Waals surface area contributed by atoms with Crippen LogP contribution in [-0.4, -0.2) is 30.8 Å². The van der Waals surface area contributed by atoms with Gasteiger partial charge in [-0.15, -0.1) is 13.2 Å². The first-order chi connectivity index (χ1) is 7.39. The van der Waals surface area contributed by atoms with E-state index in [0.29, 0.717) is 12.8 Å². The molecule has 4 nitrogen and oxygen atoms in total. The van der Waals surface area contributed by atoms with Gasteiger partial charge in [0, 0.05) is 20.5 Å². The van der Waals surface area contributed by atoms with Gasteiger partial charge in [-0.05, 0) is 12.8 Å². The molecule has 2 amide bonds. The second-order valence-electron chi connectivity index (χ2n) is 4.10. The maximum absolute atomic E-state index is 11.7. The van der Waals surface area contributed by atoms with Gasteiger partial charge < -0.3 is 10.6 Å². The van der Waals surface area contributed by atoms with Crippen LogP contribution in [0.15, 0.2) is 25.3 Å². The minimum absolute atomic E-state index is 0.0906. The van der Waals surface area contributed by atoms with Gasteiger partial charge in [-0.3, -0.25) is 9.59 Å². The Balaban J connectivity index is 5.01. The van der Waals surface area contributed by atoms with Crippen LogP contribution in [0.3, 0.4) is 0 Å². The summed E-state index contributed by atoms with van der Waals surface area (Å²) in [5.41, 5.74) is 4.50. The lowest BCUT2D eigenvalue weighted by Crippen LogP contribution is -2.41. The highest BCUT2D eigenvalue weighted by atomic mass is 16.2. The molecular formula is C12H20N2O2. The van der Waals surface area contributed by atoms with Crippen LogP contribution in [0.2, 0.25) is 0 Å². The zero-order valence-corrected chi connectivity index (χ0v) is 10.0. The van der Waals surface area contributed by atoms with Gasteiger partial charge in [0.1, 0.15) is 0 Å². The fourth-order valence-electron chi connectivity index (χ4n) is 1.52. The summed E-state index contributed by atoms with van der Waals surface area (Å²) in [6, 6.07) is 0. The molecule has 2 N–H and O–H groups in total. The van der Waals surface area contributed by atoms with E-state index >= 15 is 0 Å². The quantitative estimate of drug-likeness (QED) is 0.658. The van der Waals surface area contributed by atoms with Gasteiger partial charge in [0.25, 0.3) is 0 Å². The molecule has 0 aromatic rings. The maximum atomic E-state index is 11.7. The second-order valence-corrected chi connectivity index (χ2v) is 4.10. The lowest BCUT2D eigenvalue weighted by atomic mass is 9.77. The number of primary amides is 1. The highest BCUT2D eigenvalue weighted by Crippen LogP contribution is 2.32. The van der Waals surface area contributed by atoms with E-state index in [1.165, 1.54) is 4.90 Å². The molecule has 0 aliphatic carbocycles. The smallest absolute Gasteiger partial charge is 0.224 e. The van der Waals surface area contributed by atoms with E-state index in [9.17, 15) is 9.59 Å². The van der Waals surface area contributed by atoms with E-state index in [2.05, 4.69) is 13.2 Å². The van der Waals surface area contributed by atoms with E-state index in [-0.39, 0.29) is 12.3 Å². The summed E-state index contributed by atoms with van der Waals surface area (Å²) in [5, 5.41) is 0. The van der Waals surface area contributed by atoms with Gasteiger partial charge >= 0.3 is 0 Å². The lowest BCUT2D eigenvalue weighted by molar-refractivity contribution is -0.138. The lowest BCUT2D eigenvalue weighted by Gasteiger charge is -2.28. The molecular weight excluding hydrogens is 204 g/mol. The van der Waals surface area contributed by atoms with Crippen molar-refractivity contribution in [1.82, 2.24) is 4.90 Å². The molecule has 0 aliphatic heterocycles. The van der Waals surface area contributed by atoms with E-state index in [0.717, 1.165) is 0 Å². The van der Waals surface area contributed by atoms with Crippen LogP contribution in [0, 0.1) is 5.41 Å². The van der Waals surface area contributed by atoms with Crippen molar-refractivity contribution >= 4 is 11.8 Å². The topological polar surface area (TPSA) is 63.4 Å². The number of nitrogens with two attached hydrogens (primary N) is 1. The number of amides is 2. The Kier molecular flexibility index (Phi) is 5.50. The summed E-state index contributed by atoms with van der Waals surface area (Å²) in [6.45, 7) is 7.19. The fourth-order valence-corrected chi connectivity index (χ4v) is 1.52. The number of rotatable bonds is 7. The third-order valence-corrected chi connectivity index (χ3v) is 2.58. The Bertz CT molecular complexity index is 285. The summed E-state index contributed by atoms with van der Waals surface area (Å²) < 4.78 is 0. The number of hydrogen-bond donors (Lipinski definition) is 1. The van der Waals surface area contributed by atoms with Crippen LogP contribution in [0.4, 0.5) is 0 Å². The van der Waals surface area contributed by atoms with Crippen molar-refractivity contribution in [3.8, 4) is 0 Å².